The summed E-state index contributed by atoms with van der Waals surface area (Å²) in [7, 11) is -3.49. The van der Waals surface area contributed by atoms with E-state index >= 15 is 0 Å². The Morgan fingerprint density at radius 1 is 1.25 bits per heavy atom. The van der Waals surface area contributed by atoms with Crippen molar-refractivity contribution in [3.63, 3.8) is 0 Å². The highest BCUT2D eigenvalue weighted by Crippen LogP contribution is 2.17. The van der Waals surface area contributed by atoms with Crippen LogP contribution in [0.2, 0.25) is 0 Å². The minimum absolute atomic E-state index is 0.237. The fourth-order valence-corrected chi connectivity index (χ4v) is 4.78. The van der Waals surface area contributed by atoms with E-state index in [4.69, 9.17) is 0 Å². The molecule has 1 saturated heterocycles. The zero-order chi connectivity index (χ0) is 17.0. The number of aromatic nitrogens is 1. The lowest BCUT2D eigenvalue weighted by Gasteiger charge is -2.25. The largest absolute Gasteiger partial charge is 0.297 e. The summed E-state index contributed by atoms with van der Waals surface area (Å²) in [6.45, 7) is 5.24. The van der Waals surface area contributed by atoms with Crippen molar-refractivity contribution in [2.24, 2.45) is 0 Å². The monoisotopic (exact) mass is 365 g/mol. The van der Waals surface area contributed by atoms with Crippen molar-refractivity contribution >= 4 is 21.4 Å². The Balaban J connectivity index is 1.58. The second-order valence-corrected chi connectivity index (χ2v) is 8.92. The standard InChI is InChI=1S/C17H23N3O2S2/c1-14-6-5-7-16(10-14)24(21,22)18-11-17-19-15(13-23-17)12-20-8-3-2-4-9-20/h5-7,10,13,18H,2-4,8-9,11-12H2,1H3. The van der Waals surface area contributed by atoms with Crippen LogP contribution in [0.15, 0.2) is 34.5 Å². The van der Waals surface area contributed by atoms with Crippen LogP contribution in [0, 0.1) is 6.92 Å². The van der Waals surface area contributed by atoms with Crippen LogP contribution in [0.5, 0.6) is 0 Å². The average molecular weight is 366 g/mol. The van der Waals surface area contributed by atoms with Crippen molar-refractivity contribution in [3.8, 4) is 0 Å². The smallest absolute Gasteiger partial charge is 0.240 e. The Morgan fingerprint density at radius 2 is 2.04 bits per heavy atom. The van der Waals surface area contributed by atoms with E-state index in [1.165, 1.54) is 30.6 Å². The third-order valence-corrected chi connectivity index (χ3v) is 6.44. The lowest BCUT2D eigenvalue weighted by atomic mass is 10.1. The molecule has 2 heterocycles. The molecule has 1 aliphatic rings. The van der Waals surface area contributed by atoms with Crippen LogP contribution in [-0.4, -0.2) is 31.4 Å². The van der Waals surface area contributed by atoms with Crippen molar-refractivity contribution in [1.82, 2.24) is 14.6 Å². The molecule has 1 aromatic carbocycles. The number of nitrogens with one attached hydrogen (secondary N) is 1. The molecule has 0 bridgehead atoms. The van der Waals surface area contributed by atoms with Crippen molar-refractivity contribution in [2.75, 3.05) is 13.1 Å². The first kappa shape index (κ1) is 17.5. The van der Waals surface area contributed by atoms with Gasteiger partial charge in [-0.3, -0.25) is 4.90 Å². The second kappa shape index (κ2) is 7.74. The van der Waals surface area contributed by atoms with E-state index in [1.807, 2.05) is 18.4 Å². The maximum Gasteiger partial charge on any atom is 0.240 e. The number of hydrogen-bond donors (Lipinski definition) is 1. The summed E-state index contributed by atoms with van der Waals surface area (Å²) in [4.78, 5) is 7.28. The normalized spacial score (nSPS) is 16.4. The average Bonchev–Trinajstić information content (AvgIpc) is 3.02. The van der Waals surface area contributed by atoms with E-state index in [-0.39, 0.29) is 6.54 Å². The van der Waals surface area contributed by atoms with Gasteiger partial charge in [0.05, 0.1) is 17.1 Å². The van der Waals surface area contributed by atoms with E-state index in [1.54, 1.807) is 18.2 Å². The van der Waals surface area contributed by atoms with Crippen molar-refractivity contribution in [2.45, 2.75) is 44.2 Å². The third-order valence-electron chi connectivity index (χ3n) is 4.15. The summed E-state index contributed by atoms with van der Waals surface area (Å²) in [5.74, 6) is 0. The zero-order valence-electron chi connectivity index (χ0n) is 13.9. The molecule has 0 saturated carbocycles. The van der Waals surface area contributed by atoms with Gasteiger partial charge in [-0.05, 0) is 50.6 Å². The summed E-state index contributed by atoms with van der Waals surface area (Å²) in [6, 6.07) is 6.92. The minimum atomic E-state index is -3.49. The predicted octanol–water partition coefficient (Wildman–Crippen LogP) is 2.92. The molecule has 1 aliphatic heterocycles. The van der Waals surface area contributed by atoms with Gasteiger partial charge in [0.1, 0.15) is 5.01 Å². The molecular weight excluding hydrogens is 342 g/mol. The molecule has 7 heteroatoms. The van der Waals surface area contributed by atoms with Gasteiger partial charge in [0.15, 0.2) is 0 Å². The van der Waals surface area contributed by atoms with Crippen LogP contribution in [0.1, 0.15) is 35.5 Å². The molecule has 1 N–H and O–H groups in total. The quantitative estimate of drug-likeness (QED) is 0.855. The molecule has 3 rings (SSSR count). The fourth-order valence-electron chi connectivity index (χ4n) is 2.87. The van der Waals surface area contributed by atoms with Gasteiger partial charge < -0.3 is 0 Å². The summed E-state index contributed by atoms with van der Waals surface area (Å²) in [5, 5.41) is 2.84. The fraction of sp³-hybridized carbons (Fsp3) is 0.471. The molecule has 0 spiro atoms. The lowest BCUT2D eigenvalue weighted by Crippen LogP contribution is -2.29. The van der Waals surface area contributed by atoms with Gasteiger partial charge in [0.25, 0.3) is 0 Å². The molecule has 5 nitrogen and oxygen atoms in total. The van der Waals surface area contributed by atoms with E-state index in [2.05, 4.69) is 14.6 Å². The summed E-state index contributed by atoms with van der Waals surface area (Å²) < 4.78 is 27.3. The Morgan fingerprint density at radius 3 is 2.79 bits per heavy atom. The van der Waals surface area contributed by atoms with Crippen LogP contribution in [0.3, 0.4) is 0 Å². The van der Waals surface area contributed by atoms with Crippen LogP contribution < -0.4 is 4.72 Å². The highest BCUT2D eigenvalue weighted by atomic mass is 32.2. The highest BCUT2D eigenvalue weighted by Gasteiger charge is 2.16. The minimum Gasteiger partial charge on any atom is -0.297 e. The van der Waals surface area contributed by atoms with Gasteiger partial charge >= 0.3 is 0 Å². The first-order chi connectivity index (χ1) is 11.5. The van der Waals surface area contributed by atoms with Crippen molar-refractivity contribution < 1.29 is 8.42 Å². The number of hydrogen-bond acceptors (Lipinski definition) is 5. The number of sulfonamides is 1. The molecule has 0 radical (unpaired) electrons. The van der Waals surface area contributed by atoms with Gasteiger partial charge in [-0.25, -0.2) is 18.1 Å². The molecule has 24 heavy (non-hydrogen) atoms. The molecule has 0 amide bonds. The van der Waals surface area contributed by atoms with Crippen LogP contribution in [-0.2, 0) is 23.1 Å². The number of likely N-dealkylation sites (tertiary alicyclic amines) is 1. The highest BCUT2D eigenvalue weighted by molar-refractivity contribution is 7.89. The van der Waals surface area contributed by atoms with E-state index in [0.29, 0.717) is 4.90 Å². The summed E-state index contributed by atoms with van der Waals surface area (Å²) >= 11 is 1.51. The summed E-state index contributed by atoms with van der Waals surface area (Å²) in [5.41, 5.74) is 1.96. The third kappa shape index (κ3) is 4.63. The molecule has 0 unspecified atom stereocenters. The van der Waals surface area contributed by atoms with Gasteiger partial charge in [0, 0.05) is 11.9 Å². The molecule has 1 fully saturated rings. The number of rotatable bonds is 6. The van der Waals surface area contributed by atoms with Gasteiger partial charge in [-0.1, -0.05) is 18.6 Å². The SMILES string of the molecule is Cc1cccc(S(=O)(=O)NCc2nc(CN3CCCCC3)cs2)c1. The topological polar surface area (TPSA) is 62.3 Å². The number of thiazole rings is 1. The summed E-state index contributed by atoms with van der Waals surface area (Å²) in [6.07, 6.45) is 3.83. The molecular formula is C17H23N3O2S2. The van der Waals surface area contributed by atoms with E-state index < -0.39 is 10.0 Å². The molecule has 0 aliphatic carbocycles. The number of nitrogens with zero attached hydrogens (tertiary/aromatic N) is 2. The zero-order valence-corrected chi connectivity index (χ0v) is 15.5. The molecule has 130 valence electrons. The van der Waals surface area contributed by atoms with Gasteiger partial charge in [-0.2, -0.15) is 0 Å². The van der Waals surface area contributed by atoms with Crippen LogP contribution in [0.25, 0.3) is 0 Å². The first-order valence-electron chi connectivity index (χ1n) is 8.25. The van der Waals surface area contributed by atoms with Crippen molar-refractivity contribution in [1.29, 1.82) is 0 Å². The Bertz CT molecular complexity index is 781. The molecule has 0 atom stereocenters. The van der Waals surface area contributed by atoms with Crippen LogP contribution in [0.4, 0.5) is 0 Å². The first-order valence-corrected chi connectivity index (χ1v) is 10.6. The molecule has 2 aromatic rings. The Kier molecular flexibility index (Phi) is 5.65. The number of aryl methyl sites for hydroxylation is 1. The number of piperidine rings is 1. The number of benzene rings is 1. The predicted molar refractivity (Wildman–Crippen MR) is 96.4 cm³/mol. The van der Waals surface area contributed by atoms with Crippen LogP contribution >= 0.6 is 11.3 Å². The van der Waals surface area contributed by atoms with E-state index in [9.17, 15) is 8.42 Å². The maximum atomic E-state index is 12.3. The van der Waals surface area contributed by atoms with Gasteiger partial charge in [-0.15, -0.1) is 11.3 Å². The second-order valence-electron chi connectivity index (χ2n) is 6.21. The Hall–Kier alpha value is -1.28. The lowest BCUT2D eigenvalue weighted by molar-refractivity contribution is 0.219. The van der Waals surface area contributed by atoms with Crippen molar-refractivity contribution in [3.05, 3.63) is 45.9 Å². The maximum absolute atomic E-state index is 12.3. The van der Waals surface area contributed by atoms with E-state index in [0.717, 1.165) is 35.9 Å². The Labute approximate surface area is 147 Å². The van der Waals surface area contributed by atoms with Gasteiger partial charge in [0.2, 0.25) is 10.0 Å². The molecule has 1 aromatic heterocycles.